The molecule has 2 nitrogen and oxygen atoms in total. The Morgan fingerprint density at radius 3 is 1.88 bits per heavy atom. The molecule has 9 aromatic carbocycles. The van der Waals surface area contributed by atoms with Gasteiger partial charge in [0, 0.05) is 27.7 Å². The van der Waals surface area contributed by atoms with Crippen LogP contribution in [0.4, 0.5) is 17.1 Å². The minimum absolute atomic E-state index is 1.04. The summed E-state index contributed by atoms with van der Waals surface area (Å²) in [5.41, 5.74) is 7.98. The van der Waals surface area contributed by atoms with Crippen molar-refractivity contribution in [1.82, 2.24) is 4.98 Å². The summed E-state index contributed by atoms with van der Waals surface area (Å²) in [7, 11) is 0. The van der Waals surface area contributed by atoms with Gasteiger partial charge in [-0.2, -0.15) is 0 Å². The maximum absolute atomic E-state index is 5.09. The van der Waals surface area contributed by atoms with Crippen LogP contribution in [0.2, 0.25) is 0 Å². The van der Waals surface area contributed by atoms with Gasteiger partial charge >= 0.3 is 0 Å². The molecule has 0 saturated heterocycles. The van der Waals surface area contributed by atoms with E-state index in [1.165, 1.54) is 58.9 Å². The molecule has 234 valence electrons. The Labute approximate surface area is 294 Å². The van der Waals surface area contributed by atoms with Gasteiger partial charge in [0.1, 0.15) is 5.01 Å². The Hall–Kier alpha value is -6.29. The zero-order chi connectivity index (χ0) is 33.0. The molecule has 0 aliphatic carbocycles. The number of thiazole rings is 1. The van der Waals surface area contributed by atoms with Gasteiger partial charge in [0.25, 0.3) is 0 Å². The van der Waals surface area contributed by atoms with Gasteiger partial charge < -0.3 is 4.90 Å². The average molecular weight is 655 g/mol. The standard InChI is InChI=1S/C47H30N2S/c1-3-11-31(12-4-1)36-17-9-18-38(29-36)49(43-20-10-16-32-13-7-8-19-40(32)43)39-26-27-41-37(30-39)24-23-33-21-22-34-25-28-42-46(45(34)44(33)41)50-47(48-42)35-14-5-2-6-15-35/h1-30H. The van der Waals surface area contributed by atoms with Gasteiger partial charge in [0.2, 0.25) is 0 Å². The molecule has 10 aromatic rings. The molecule has 0 radical (unpaired) electrons. The molecule has 0 atom stereocenters. The topological polar surface area (TPSA) is 16.1 Å². The molecule has 1 aromatic heterocycles. The zero-order valence-corrected chi connectivity index (χ0v) is 27.9. The first-order chi connectivity index (χ1) is 24.8. The molecule has 10 rings (SSSR count). The number of fused-ring (bicyclic) bond motifs is 8. The van der Waals surface area contributed by atoms with Gasteiger partial charge in [-0.3, -0.25) is 0 Å². The second-order valence-electron chi connectivity index (χ2n) is 12.8. The second-order valence-corrected chi connectivity index (χ2v) is 13.8. The molecule has 0 N–H and O–H groups in total. The monoisotopic (exact) mass is 654 g/mol. The molecule has 0 bridgehead atoms. The molecule has 0 amide bonds. The predicted molar refractivity (Wildman–Crippen MR) is 215 cm³/mol. The van der Waals surface area contributed by atoms with Crippen LogP contribution in [0.1, 0.15) is 0 Å². The van der Waals surface area contributed by atoms with Gasteiger partial charge in [0.15, 0.2) is 0 Å². The summed E-state index contributed by atoms with van der Waals surface area (Å²) in [6.07, 6.45) is 0. The van der Waals surface area contributed by atoms with Crippen LogP contribution in [0.15, 0.2) is 182 Å². The maximum Gasteiger partial charge on any atom is 0.124 e. The quantitative estimate of drug-likeness (QED) is 0.172. The van der Waals surface area contributed by atoms with Crippen molar-refractivity contribution >= 4 is 81.7 Å². The maximum atomic E-state index is 5.09. The summed E-state index contributed by atoms with van der Waals surface area (Å²) in [6.45, 7) is 0. The van der Waals surface area contributed by atoms with E-state index >= 15 is 0 Å². The summed E-state index contributed by atoms with van der Waals surface area (Å²) >= 11 is 1.79. The van der Waals surface area contributed by atoms with Crippen LogP contribution >= 0.6 is 11.3 Å². The smallest absolute Gasteiger partial charge is 0.124 e. The molecular weight excluding hydrogens is 625 g/mol. The highest BCUT2D eigenvalue weighted by molar-refractivity contribution is 7.22. The first kappa shape index (κ1) is 28.7. The minimum Gasteiger partial charge on any atom is -0.310 e. The highest BCUT2D eigenvalue weighted by Gasteiger charge is 2.18. The van der Waals surface area contributed by atoms with E-state index in [-0.39, 0.29) is 0 Å². The van der Waals surface area contributed by atoms with E-state index in [1.807, 2.05) is 0 Å². The van der Waals surface area contributed by atoms with E-state index < -0.39 is 0 Å². The molecule has 0 spiro atoms. The van der Waals surface area contributed by atoms with Gasteiger partial charge in [-0.15, -0.1) is 11.3 Å². The normalized spacial score (nSPS) is 11.6. The Balaban J connectivity index is 1.21. The van der Waals surface area contributed by atoms with E-state index in [1.54, 1.807) is 11.3 Å². The summed E-state index contributed by atoms with van der Waals surface area (Å²) in [4.78, 5) is 7.50. The van der Waals surface area contributed by atoms with Gasteiger partial charge in [-0.05, 0) is 79.8 Å². The van der Waals surface area contributed by atoms with Crippen LogP contribution in [0, 0.1) is 0 Å². The molecular formula is C47H30N2S. The Kier molecular flexibility index (Phi) is 6.71. The lowest BCUT2D eigenvalue weighted by Gasteiger charge is -2.28. The van der Waals surface area contributed by atoms with Gasteiger partial charge in [-0.25, -0.2) is 4.98 Å². The fourth-order valence-corrected chi connectivity index (χ4v) is 8.60. The number of aromatic nitrogens is 1. The van der Waals surface area contributed by atoms with Crippen molar-refractivity contribution in [1.29, 1.82) is 0 Å². The molecule has 50 heavy (non-hydrogen) atoms. The number of hydrogen-bond donors (Lipinski definition) is 0. The van der Waals surface area contributed by atoms with Crippen LogP contribution in [-0.2, 0) is 0 Å². The van der Waals surface area contributed by atoms with E-state index in [0.717, 1.165) is 33.1 Å². The molecule has 0 aliphatic rings. The largest absolute Gasteiger partial charge is 0.310 e. The summed E-state index contributed by atoms with van der Waals surface area (Å²) in [5.74, 6) is 0. The van der Waals surface area contributed by atoms with Crippen LogP contribution < -0.4 is 4.90 Å². The summed E-state index contributed by atoms with van der Waals surface area (Å²) in [5, 5.41) is 11.0. The van der Waals surface area contributed by atoms with E-state index in [0.29, 0.717) is 0 Å². The molecule has 0 fully saturated rings. The number of rotatable bonds is 5. The molecule has 0 unspecified atom stereocenters. The molecule has 3 heteroatoms. The lowest BCUT2D eigenvalue weighted by Crippen LogP contribution is -2.10. The van der Waals surface area contributed by atoms with Crippen molar-refractivity contribution in [2.45, 2.75) is 0 Å². The van der Waals surface area contributed by atoms with Crippen molar-refractivity contribution in [2.24, 2.45) is 0 Å². The van der Waals surface area contributed by atoms with E-state index in [9.17, 15) is 0 Å². The third kappa shape index (κ3) is 4.74. The van der Waals surface area contributed by atoms with Crippen LogP contribution in [-0.4, -0.2) is 4.98 Å². The lowest BCUT2D eigenvalue weighted by atomic mass is 9.95. The van der Waals surface area contributed by atoms with Crippen molar-refractivity contribution in [2.75, 3.05) is 4.90 Å². The number of hydrogen-bond acceptors (Lipinski definition) is 3. The van der Waals surface area contributed by atoms with E-state index in [2.05, 4.69) is 187 Å². The first-order valence-electron chi connectivity index (χ1n) is 17.0. The fraction of sp³-hybridized carbons (Fsp3) is 0. The Bertz CT molecular complexity index is 2870. The lowest BCUT2D eigenvalue weighted by molar-refractivity contribution is 1.30. The minimum atomic E-state index is 1.04. The van der Waals surface area contributed by atoms with Crippen LogP contribution in [0.3, 0.4) is 0 Å². The number of nitrogens with zero attached hydrogens (tertiary/aromatic N) is 2. The summed E-state index contributed by atoms with van der Waals surface area (Å²) < 4.78 is 1.23. The first-order valence-corrected chi connectivity index (χ1v) is 17.8. The third-order valence-corrected chi connectivity index (χ3v) is 11.0. The van der Waals surface area contributed by atoms with Crippen molar-refractivity contribution in [3.63, 3.8) is 0 Å². The zero-order valence-electron chi connectivity index (χ0n) is 27.1. The van der Waals surface area contributed by atoms with E-state index in [4.69, 9.17) is 4.98 Å². The van der Waals surface area contributed by atoms with Crippen LogP contribution in [0.5, 0.6) is 0 Å². The Morgan fingerprint density at radius 1 is 0.400 bits per heavy atom. The predicted octanol–water partition coefficient (Wildman–Crippen LogP) is 13.7. The Morgan fingerprint density at radius 2 is 1.04 bits per heavy atom. The van der Waals surface area contributed by atoms with Gasteiger partial charge in [0.05, 0.1) is 15.9 Å². The highest BCUT2D eigenvalue weighted by Crippen LogP contribution is 2.44. The van der Waals surface area contributed by atoms with Crippen molar-refractivity contribution in [3.05, 3.63) is 182 Å². The highest BCUT2D eigenvalue weighted by atomic mass is 32.1. The summed E-state index contributed by atoms with van der Waals surface area (Å²) in [6, 6.07) is 65.7. The third-order valence-electron chi connectivity index (χ3n) is 9.82. The van der Waals surface area contributed by atoms with Crippen molar-refractivity contribution in [3.8, 4) is 21.7 Å². The number of benzene rings is 9. The van der Waals surface area contributed by atoms with Crippen molar-refractivity contribution < 1.29 is 0 Å². The molecule has 0 saturated carbocycles. The number of anilines is 3. The SMILES string of the molecule is c1ccc(-c2cccc(N(c3ccc4c(ccc5ccc6ccc7nc(-c8ccccc8)sc7c6c54)c3)c3cccc4ccccc34)c2)cc1. The molecule has 1 heterocycles. The van der Waals surface area contributed by atoms with Crippen LogP contribution in [0.25, 0.3) is 75.0 Å². The average Bonchev–Trinajstić information content (AvgIpc) is 3.64. The van der Waals surface area contributed by atoms with Gasteiger partial charge in [-0.1, -0.05) is 146 Å². The second kappa shape index (κ2) is 11.7. The molecule has 0 aliphatic heterocycles. The fourth-order valence-electron chi connectivity index (χ4n) is 7.46.